The van der Waals surface area contributed by atoms with Crippen LogP contribution >= 0.6 is 11.3 Å². The number of rotatable bonds is 6. The van der Waals surface area contributed by atoms with Crippen molar-refractivity contribution in [1.29, 1.82) is 0 Å². The molecule has 1 aromatic rings. The third-order valence-corrected chi connectivity index (χ3v) is 4.21. The lowest BCUT2D eigenvalue weighted by Gasteiger charge is -2.26. The summed E-state index contributed by atoms with van der Waals surface area (Å²) in [5, 5.41) is 2.93. The molecular weight excluding hydrogens is 258 g/mol. The van der Waals surface area contributed by atoms with Gasteiger partial charge in [0, 0.05) is 17.4 Å². The van der Waals surface area contributed by atoms with Crippen molar-refractivity contribution in [2.45, 2.75) is 65.4 Å². The van der Waals surface area contributed by atoms with Gasteiger partial charge in [-0.1, -0.05) is 27.7 Å². The molecule has 0 aliphatic carbocycles. The third kappa shape index (κ3) is 4.11. The molecular formula is C15H25NO2S. The lowest BCUT2D eigenvalue weighted by molar-refractivity contribution is -0.141. The first-order valence-corrected chi connectivity index (χ1v) is 7.73. The second-order valence-corrected chi connectivity index (χ2v) is 6.94. The van der Waals surface area contributed by atoms with Gasteiger partial charge in [0.25, 0.3) is 0 Å². The van der Waals surface area contributed by atoms with Gasteiger partial charge in [-0.2, -0.15) is 0 Å². The monoisotopic (exact) mass is 283 g/mol. The zero-order valence-corrected chi connectivity index (χ0v) is 13.7. The van der Waals surface area contributed by atoms with Crippen LogP contribution in [0.15, 0.2) is 5.38 Å². The molecule has 0 spiro atoms. The second kappa shape index (κ2) is 6.14. The van der Waals surface area contributed by atoms with Crippen LogP contribution in [-0.4, -0.2) is 23.0 Å². The average Bonchev–Trinajstić information content (AvgIpc) is 2.77. The molecule has 0 fully saturated rings. The molecule has 1 rings (SSSR count). The summed E-state index contributed by atoms with van der Waals surface area (Å²) in [6, 6.07) is 0. The first kappa shape index (κ1) is 16.3. The second-order valence-electron chi connectivity index (χ2n) is 5.99. The highest BCUT2D eigenvalue weighted by atomic mass is 32.1. The Balaban J connectivity index is 2.79. The van der Waals surface area contributed by atoms with E-state index >= 15 is 0 Å². The van der Waals surface area contributed by atoms with Crippen LogP contribution in [0.1, 0.15) is 58.7 Å². The van der Waals surface area contributed by atoms with E-state index in [0.717, 1.165) is 10.7 Å². The van der Waals surface area contributed by atoms with E-state index in [2.05, 4.69) is 25.8 Å². The van der Waals surface area contributed by atoms with Crippen LogP contribution < -0.4 is 0 Å². The Morgan fingerprint density at radius 1 is 1.32 bits per heavy atom. The lowest BCUT2D eigenvalue weighted by atomic mass is 9.93. The number of ketones is 1. The number of aromatic nitrogens is 1. The number of carbonyl (C=O) groups is 1. The fraction of sp³-hybridized carbons (Fsp3) is 0.733. The number of ether oxygens (including phenoxy) is 1. The highest BCUT2D eigenvalue weighted by Crippen LogP contribution is 2.26. The Morgan fingerprint density at radius 2 is 1.95 bits per heavy atom. The lowest BCUT2D eigenvalue weighted by Crippen LogP contribution is -2.39. The summed E-state index contributed by atoms with van der Waals surface area (Å²) in [7, 11) is 0. The first-order chi connectivity index (χ1) is 8.73. The molecule has 0 aliphatic heterocycles. The highest BCUT2D eigenvalue weighted by molar-refractivity contribution is 7.09. The van der Waals surface area contributed by atoms with E-state index in [1.807, 2.05) is 26.2 Å². The molecule has 1 aromatic heterocycles. The van der Waals surface area contributed by atoms with Crippen LogP contribution in [0.5, 0.6) is 0 Å². The largest absolute Gasteiger partial charge is 0.368 e. The van der Waals surface area contributed by atoms with Crippen LogP contribution in [0.2, 0.25) is 0 Å². The Morgan fingerprint density at radius 3 is 2.37 bits per heavy atom. The van der Waals surface area contributed by atoms with Gasteiger partial charge >= 0.3 is 0 Å². The average molecular weight is 283 g/mol. The Kier molecular flexibility index (Phi) is 5.27. The van der Waals surface area contributed by atoms with Gasteiger partial charge < -0.3 is 4.74 Å². The van der Waals surface area contributed by atoms with Gasteiger partial charge in [0.1, 0.15) is 10.6 Å². The summed E-state index contributed by atoms with van der Waals surface area (Å²) in [5.41, 5.74) is 0.406. The maximum Gasteiger partial charge on any atom is 0.171 e. The molecule has 0 aliphatic rings. The van der Waals surface area contributed by atoms with Crippen LogP contribution in [0.4, 0.5) is 0 Å². The summed E-state index contributed by atoms with van der Waals surface area (Å²) in [4.78, 5) is 16.9. The molecule has 0 amide bonds. The van der Waals surface area contributed by atoms with Gasteiger partial charge in [0.05, 0.1) is 12.1 Å². The number of hydrogen-bond donors (Lipinski definition) is 0. The van der Waals surface area contributed by atoms with Gasteiger partial charge in [0.2, 0.25) is 0 Å². The molecule has 0 aromatic carbocycles. The van der Waals surface area contributed by atoms with E-state index in [-0.39, 0.29) is 11.2 Å². The highest BCUT2D eigenvalue weighted by Gasteiger charge is 2.32. The molecule has 19 heavy (non-hydrogen) atoms. The van der Waals surface area contributed by atoms with Crippen molar-refractivity contribution in [2.75, 3.05) is 6.61 Å². The number of hydrogen-bond acceptors (Lipinski definition) is 4. The maximum atomic E-state index is 12.4. The molecule has 1 atom stereocenters. The molecule has 1 heterocycles. The SMILES string of the molecule is CCOC(C)(CC)C(=O)Cc1nc(C(C)(C)C)cs1. The van der Waals surface area contributed by atoms with Crippen LogP contribution in [0.3, 0.4) is 0 Å². The van der Waals surface area contributed by atoms with Crippen molar-refractivity contribution >= 4 is 17.1 Å². The summed E-state index contributed by atoms with van der Waals surface area (Å²) >= 11 is 1.56. The minimum absolute atomic E-state index is 0.0335. The van der Waals surface area contributed by atoms with Crippen LogP contribution in [0.25, 0.3) is 0 Å². The summed E-state index contributed by atoms with van der Waals surface area (Å²) in [5.74, 6) is 0.117. The minimum atomic E-state index is -0.678. The molecule has 108 valence electrons. The van der Waals surface area contributed by atoms with Crippen LogP contribution in [0, 0.1) is 0 Å². The summed E-state index contributed by atoms with van der Waals surface area (Å²) in [6.07, 6.45) is 1.06. The predicted octanol–water partition coefficient (Wildman–Crippen LogP) is 3.76. The molecule has 1 unspecified atom stereocenters. The Hall–Kier alpha value is -0.740. The third-order valence-electron chi connectivity index (χ3n) is 3.36. The zero-order chi connectivity index (χ0) is 14.7. The van der Waals surface area contributed by atoms with E-state index in [1.165, 1.54) is 0 Å². The molecule has 0 saturated heterocycles. The minimum Gasteiger partial charge on any atom is -0.368 e. The van der Waals surface area contributed by atoms with Crippen molar-refractivity contribution in [2.24, 2.45) is 0 Å². The normalized spacial score (nSPS) is 15.3. The topological polar surface area (TPSA) is 39.2 Å². The van der Waals surface area contributed by atoms with Gasteiger partial charge in [-0.25, -0.2) is 4.98 Å². The Bertz CT molecular complexity index is 434. The van der Waals surface area contributed by atoms with Crippen molar-refractivity contribution < 1.29 is 9.53 Å². The molecule has 0 N–H and O–H groups in total. The standard InChI is InChI=1S/C15H25NO2S/c1-7-15(6,18-8-2)12(17)9-13-16-11(10-19-13)14(3,4)5/h10H,7-9H2,1-6H3. The zero-order valence-electron chi connectivity index (χ0n) is 12.9. The van der Waals surface area contributed by atoms with Crippen molar-refractivity contribution in [3.63, 3.8) is 0 Å². The Labute approximate surface area is 120 Å². The molecule has 4 heteroatoms. The van der Waals surface area contributed by atoms with Crippen LogP contribution in [-0.2, 0) is 21.4 Å². The predicted molar refractivity (Wildman–Crippen MR) is 79.8 cm³/mol. The smallest absolute Gasteiger partial charge is 0.171 e. The van der Waals surface area contributed by atoms with E-state index in [1.54, 1.807) is 11.3 Å². The fourth-order valence-electron chi connectivity index (χ4n) is 1.76. The molecule has 0 radical (unpaired) electrons. The quantitative estimate of drug-likeness (QED) is 0.798. The van der Waals surface area contributed by atoms with E-state index in [4.69, 9.17) is 4.74 Å². The molecule has 3 nitrogen and oxygen atoms in total. The molecule has 0 bridgehead atoms. The van der Waals surface area contributed by atoms with Gasteiger partial charge in [-0.05, 0) is 20.3 Å². The number of carbonyl (C=O) groups excluding carboxylic acids is 1. The van der Waals surface area contributed by atoms with Gasteiger partial charge in [0.15, 0.2) is 5.78 Å². The van der Waals surface area contributed by atoms with Crippen molar-refractivity contribution in [3.05, 3.63) is 16.1 Å². The number of thiazole rings is 1. The van der Waals surface area contributed by atoms with E-state index in [9.17, 15) is 4.79 Å². The maximum absolute atomic E-state index is 12.4. The fourth-order valence-corrected chi connectivity index (χ4v) is 2.78. The summed E-state index contributed by atoms with van der Waals surface area (Å²) < 4.78 is 5.61. The first-order valence-electron chi connectivity index (χ1n) is 6.85. The molecule has 0 saturated carbocycles. The number of nitrogens with zero attached hydrogens (tertiary/aromatic N) is 1. The van der Waals surface area contributed by atoms with Gasteiger partial charge in [-0.15, -0.1) is 11.3 Å². The number of Topliss-reactive ketones (excluding diaryl/α,β-unsaturated/α-hetero) is 1. The van der Waals surface area contributed by atoms with E-state index in [0.29, 0.717) is 19.4 Å². The van der Waals surface area contributed by atoms with Crippen molar-refractivity contribution in [3.8, 4) is 0 Å². The van der Waals surface area contributed by atoms with E-state index < -0.39 is 5.60 Å². The van der Waals surface area contributed by atoms with Crippen molar-refractivity contribution in [1.82, 2.24) is 4.98 Å². The van der Waals surface area contributed by atoms with Gasteiger partial charge in [-0.3, -0.25) is 4.79 Å². The summed E-state index contributed by atoms with van der Waals surface area (Å²) in [6.45, 7) is 12.7.